The number of hydrogen-bond acceptors (Lipinski definition) is 4. The summed E-state index contributed by atoms with van der Waals surface area (Å²) in [5, 5.41) is 1.83. The number of nitrogens with zero attached hydrogens (tertiary/aromatic N) is 3. The standard InChI is InChI=1S/C37H28ClN3O2S/c1-43-27-17-14-24(15-18-27)35-30-19-16-23-8-2-4-11-29(23)34(30)39-37-41(35)36(42)33(44-37)20-26-22-40(32-13-7-5-10-28(26)32)21-25-9-3-6-12-31(25)38/h2-15,17-18,20,22,35H,16,19,21H2,1H3/b33-20-/t35-/m1/s1. The van der Waals surface area contributed by atoms with Crippen molar-refractivity contribution in [2.45, 2.75) is 25.4 Å². The minimum Gasteiger partial charge on any atom is -0.497 e. The fourth-order valence-corrected chi connectivity index (χ4v) is 7.77. The molecule has 0 N–H and O–H groups in total. The lowest BCUT2D eigenvalue weighted by Crippen LogP contribution is -2.38. The Labute approximate surface area is 263 Å². The van der Waals surface area contributed by atoms with Crippen LogP contribution in [-0.4, -0.2) is 16.2 Å². The first-order valence-corrected chi connectivity index (χ1v) is 15.9. The van der Waals surface area contributed by atoms with E-state index in [1.54, 1.807) is 7.11 Å². The molecule has 3 heterocycles. The molecule has 1 aliphatic heterocycles. The van der Waals surface area contributed by atoms with E-state index in [0.717, 1.165) is 67.3 Å². The maximum absolute atomic E-state index is 14.3. The molecule has 5 nitrogen and oxygen atoms in total. The van der Waals surface area contributed by atoms with Gasteiger partial charge in [-0.05, 0) is 65.4 Å². The van der Waals surface area contributed by atoms with E-state index in [9.17, 15) is 4.79 Å². The van der Waals surface area contributed by atoms with Crippen molar-refractivity contribution >= 4 is 45.6 Å². The van der Waals surface area contributed by atoms with E-state index in [1.165, 1.54) is 22.5 Å². The number of ether oxygens (including phenoxy) is 1. The van der Waals surface area contributed by atoms with Gasteiger partial charge in [-0.3, -0.25) is 9.36 Å². The van der Waals surface area contributed by atoms with Gasteiger partial charge in [0.05, 0.1) is 23.4 Å². The zero-order chi connectivity index (χ0) is 29.8. The molecule has 4 aromatic carbocycles. The van der Waals surface area contributed by atoms with Crippen LogP contribution in [-0.2, 0) is 13.0 Å². The van der Waals surface area contributed by atoms with E-state index < -0.39 is 0 Å². The number of fused-ring (bicyclic) bond motifs is 4. The van der Waals surface area contributed by atoms with Gasteiger partial charge < -0.3 is 9.30 Å². The average molecular weight is 614 g/mol. The molecule has 6 aromatic rings. The van der Waals surface area contributed by atoms with Gasteiger partial charge >= 0.3 is 0 Å². The lowest BCUT2D eigenvalue weighted by molar-refractivity contribution is 0.414. The van der Waals surface area contributed by atoms with Gasteiger partial charge in [-0.15, -0.1) is 0 Å². The van der Waals surface area contributed by atoms with E-state index in [0.29, 0.717) is 11.1 Å². The summed E-state index contributed by atoms with van der Waals surface area (Å²) in [4.78, 5) is 20.2. The predicted octanol–water partition coefficient (Wildman–Crippen LogP) is 6.98. The van der Waals surface area contributed by atoms with Crippen LogP contribution in [0.15, 0.2) is 119 Å². The second-order valence-electron chi connectivity index (χ2n) is 11.2. The molecule has 2 aromatic heterocycles. The molecule has 0 saturated carbocycles. The topological polar surface area (TPSA) is 48.5 Å². The molecule has 1 aliphatic carbocycles. The molecule has 8 rings (SSSR count). The van der Waals surface area contributed by atoms with E-state index in [2.05, 4.69) is 59.3 Å². The zero-order valence-electron chi connectivity index (χ0n) is 24.0. The molecule has 0 saturated heterocycles. The summed E-state index contributed by atoms with van der Waals surface area (Å²) in [7, 11) is 1.67. The molecule has 0 unspecified atom stereocenters. The molecule has 0 bridgehead atoms. The summed E-state index contributed by atoms with van der Waals surface area (Å²) in [5.41, 5.74) is 8.80. The van der Waals surface area contributed by atoms with Gasteiger partial charge in [-0.25, -0.2) is 4.99 Å². The highest BCUT2D eigenvalue weighted by Gasteiger charge is 2.32. The third-order valence-electron chi connectivity index (χ3n) is 8.71. The van der Waals surface area contributed by atoms with Crippen LogP contribution >= 0.6 is 22.9 Å². The summed E-state index contributed by atoms with van der Waals surface area (Å²) < 4.78 is 10.2. The van der Waals surface area contributed by atoms with Crippen molar-refractivity contribution in [3.63, 3.8) is 0 Å². The van der Waals surface area contributed by atoms with E-state index in [4.69, 9.17) is 21.3 Å². The average Bonchev–Trinajstić information content (AvgIpc) is 3.57. The number of halogens is 1. The Bertz CT molecular complexity index is 2290. The molecular weight excluding hydrogens is 586 g/mol. The molecule has 2 aliphatic rings. The second kappa shape index (κ2) is 10.8. The van der Waals surface area contributed by atoms with Gasteiger partial charge in [0.15, 0.2) is 4.80 Å². The molecule has 7 heteroatoms. The molecule has 0 amide bonds. The summed E-state index contributed by atoms with van der Waals surface area (Å²) >= 11 is 7.98. The largest absolute Gasteiger partial charge is 0.497 e. The zero-order valence-corrected chi connectivity index (χ0v) is 25.6. The first-order valence-electron chi connectivity index (χ1n) is 14.7. The van der Waals surface area contributed by atoms with Crippen LogP contribution in [0.1, 0.15) is 40.3 Å². The van der Waals surface area contributed by atoms with Crippen LogP contribution in [0.3, 0.4) is 0 Å². The van der Waals surface area contributed by atoms with Crippen molar-refractivity contribution in [1.82, 2.24) is 9.13 Å². The summed E-state index contributed by atoms with van der Waals surface area (Å²) in [6.45, 7) is 0.638. The van der Waals surface area contributed by atoms with Crippen molar-refractivity contribution in [3.05, 3.63) is 161 Å². The van der Waals surface area contributed by atoms with Crippen LogP contribution in [0.2, 0.25) is 5.02 Å². The number of methoxy groups -OCH3 is 1. The molecule has 1 atom stereocenters. The lowest BCUT2D eigenvalue weighted by Gasteiger charge is -2.30. The van der Waals surface area contributed by atoms with Gasteiger partial charge in [0.2, 0.25) is 0 Å². The van der Waals surface area contributed by atoms with Crippen LogP contribution in [0.4, 0.5) is 0 Å². The van der Waals surface area contributed by atoms with E-state index >= 15 is 0 Å². The van der Waals surface area contributed by atoms with Crippen molar-refractivity contribution in [1.29, 1.82) is 0 Å². The third-order valence-corrected chi connectivity index (χ3v) is 10.1. The van der Waals surface area contributed by atoms with E-state index in [-0.39, 0.29) is 11.6 Å². The maximum Gasteiger partial charge on any atom is 0.271 e. The third kappa shape index (κ3) is 4.45. The number of aromatic nitrogens is 2. The summed E-state index contributed by atoms with van der Waals surface area (Å²) in [6.07, 6.45) is 5.92. The van der Waals surface area contributed by atoms with Gasteiger partial charge in [-0.2, -0.15) is 0 Å². The van der Waals surface area contributed by atoms with Gasteiger partial charge in [0.25, 0.3) is 5.56 Å². The van der Waals surface area contributed by atoms with Crippen molar-refractivity contribution in [2.24, 2.45) is 4.99 Å². The first-order chi connectivity index (χ1) is 21.6. The molecule has 44 heavy (non-hydrogen) atoms. The monoisotopic (exact) mass is 613 g/mol. The van der Waals surface area contributed by atoms with Crippen LogP contribution in [0, 0.1) is 0 Å². The summed E-state index contributed by atoms with van der Waals surface area (Å²) in [5.74, 6) is 0.789. The number of benzene rings is 4. The molecule has 0 fully saturated rings. The van der Waals surface area contributed by atoms with Crippen molar-refractivity contribution < 1.29 is 4.74 Å². The number of thiazole rings is 1. The molecule has 0 radical (unpaired) electrons. The Kier molecular flexibility index (Phi) is 6.62. The van der Waals surface area contributed by atoms with Gasteiger partial charge in [0, 0.05) is 39.8 Å². The first kappa shape index (κ1) is 26.9. The SMILES string of the molecule is COc1ccc([C@@H]2C3=C(N=c4s/c(=C\c5cn(Cc6ccccc6Cl)c6ccccc56)c(=O)n42)c2ccccc2CC3)cc1. The Hall–Kier alpha value is -4.65. The Morgan fingerprint density at radius 3 is 2.57 bits per heavy atom. The normalized spacial score (nSPS) is 16.0. The fourth-order valence-electron chi connectivity index (χ4n) is 6.58. The molecular formula is C37H28ClN3O2S. The number of para-hydroxylation sites is 1. The molecule has 0 spiro atoms. The minimum atomic E-state index is -0.232. The number of allylic oxidation sites excluding steroid dienone is 1. The smallest absolute Gasteiger partial charge is 0.271 e. The van der Waals surface area contributed by atoms with Gasteiger partial charge in [0.1, 0.15) is 5.75 Å². The van der Waals surface area contributed by atoms with E-state index in [1.807, 2.05) is 59.2 Å². The quantitative estimate of drug-likeness (QED) is 0.211. The van der Waals surface area contributed by atoms with Crippen molar-refractivity contribution in [2.75, 3.05) is 7.11 Å². The molecule has 216 valence electrons. The van der Waals surface area contributed by atoms with Gasteiger partial charge in [-0.1, -0.05) is 95.7 Å². The minimum absolute atomic E-state index is 0.0251. The van der Waals surface area contributed by atoms with Crippen molar-refractivity contribution in [3.8, 4) is 5.75 Å². The number of rotatable bonds is 5. The highest BCUT2D eigenvalue weighted by Crippen LogP contribution is 2.41. The predicted molar refractivity (Wildman–Crippen MR) is 178 cm³/mol. The van der Waals surface area contributed by atoms with Crippen LogP contribution < -0.4 is 19.6 Å². The number of aryl methyl sites for hydroxylation is 1. The second-order valence-corrected chi connectivity index (χ2v) is 12.6. The van der Waals surface area contributed by atoms with Crippen LogP contribution in [0.5, 0.6) is 5.75 Å². The Morgan fingerprint density at radius 1 is 0.955 bits per heavy atom. The fraction of sp³-hybridized carbons (Fsp3) is 0.135. The van der Waals surface area contributed by atoms with Crippen LogP contribution in [0.25, 0.3) is 22.7 Å². The summed E-state index contributed by atoms with van der Waals surface area (Å²) in [6, 6.07) is 32.6. The Morgan fingerprint density at radius 2 is 1.73 bits per heavy atom. The number of hydrogen-bond donors (Lipinski definition) is 0. The lowest BCUT2D eigenvalue weighted by atomic mass is 9.83. The highest BCUT2D eigenvalue weighted by molar-refractivity contribution is 7.07. The maximum atomic E-state index is 14.3. The highest BCUT2D eigenvalue weighted by atomic mass is 35.5. The Balaban J connectivity index is 1.32.